The third-order valence-corrected chi connectivity index (χ3v) is 5.36. The fraction of sp³-hybridized carbons (Fsp3) is 0.389. The van der Waals surface area contributed by atoms with Gasteiger partial charge in [0.25, 0.3) is 0 Å². The molecule has 3 N–H and O–H groups in total. The number of aliphatic hydroxyl groups is 1. The number of hydrogen-bond acceptors (Lipinski definition) is 6. The molecule has 4 heterocycles. The van der Waals surface area contributed by atoms with Crippen molar-refractivity contribution >= 4 is 16.9 Å². The van der Waals surface area contributed by atoms with Crippen LogP contribution in [0.5, 0.6) is 0 Å². The van der Waals surface area contributed by atoms with Crippen LogP contribution in [0.3, 0.4) is 0 Å². The van der Waals surface area contributed by atoms with Gasteiger partial charge in [0.15, 0.2) is 23.1 Å². The topological polar surface area (TPSA) is 90.0 Å². The zero-order valence-electron chi connectivity index (χ0n) is 14.4. The normalized spacial score (nSPS) is 21.6. The van der Waals surface area contributed by atoms with Gasteiger partial charge in [-0.15, -0.1) is 0 Å². The molecule has 1 saturated heterocycles. The molecular formula is C18H18F2N6O. The number of anilines is 1. The van der Waals surface area contributed by atoms with E-state index in [1.165, 1.54) is 0 Å². The molecule has 1 aliphatic heterocycles. The van der Waals surface area contributed by atoms with Crippen molar-refractivity contribution in [1.82, 2.24) is 25.5 Å². The van der Waals surface area contributed by atoms with Crippen LogP contribution in [0, 0.1) is 11.6 Å². The predicted octanol–water partition coefficient (Wildman–Crippen LogP) is 1.60. The van der Waals surface area contributed by atoms with Crippen molar-refractivity contribution in [3.63, 3.8) is 0 Å². The minimum Gasteiger partial charge on any atom is -0.388 e. The first-order valence-electron chi connectivity index (χ1n) is 8.91. The summed E-state index contributed by atoms with van der Waals surface area (Å²) in [5.74, 6) is -1.41. The number of piperazine rings is 1. The molecule has 3 aromatic heterocycles. The van der Waals surface area contributed by atoms with Gasteiger partial charge >= 0.3 is 0 Å². The van der Waals surface area contributed by atoms with E-state index >= 15 is 0 Å². The van der Waals surface area contributed by atoms with E-state index in [9.17, 15) is 13.9 Å². The van der Waals surface area contributed by atoms with Crippen LogP contribution in [-0.2, 0) is 0 Å². The number of pyridine rings is 2. The van der Waals surface area contributed by atoms with Crippen LogP contribution in [0.4, 0.5) is 14.6 Å². The maximum Gasteiger partial charge on any atom is 0.181 e. The average molecular weight is 372 g/mol. The lowest BCUT2D eigenvalue weighted by Crippen LogP contribution is -2.57. The summed E-state index contributed by atoms with van der Waals surface area (Å²) in [6.07, 6.45) is 3.06. The molecule has 5 rings (SSSR count). The van der Waals surface area contributed by atoms with Gasteiger partial charge in [-0.2, -0.15) is 5.10 Å². The van der Waals surface area contributed by atoms with Crippen molar-refractivity contribution in [1.29, 1.82) is 0 Å². The van der Waals surface area contributed by atoms with Crippen molar-refractivity contribution in [2.45, 2.75) is 24.5 Å². The molecule has 9 heteroatoms. The molecule has 0 spiro atoms. The van der Waals surface area contributed by atoms with Gasteiger partial charge in [0.1, 0.15) is 5.69 Å². The van der Waals surface area contributed by atoms with E-state index in [0.717, 1.165) is 18.9 Å². The molecule has 27 heavy (non-hydrogen) atoms. The molecule has 1 saturated carbocycles. The van der Waals surface area contributed by atoms with Crippen molar-refractivity contribution in [3.05, 3.63) is 36.0 Å². The Kier molecular flexibility index (Phi) is 3.63. The smallest absolute Gasteiger partial charge is 0.181 e. The van der Waals surface area contributed by atoms with Gasteiger partial charge in [-0.05, 0) is 25.0 Å². The van der Waals surface area contributed by atoms with Crippen LogP contribution in [0.15, 0.2) is 24.4 Å². The Labute approximate surface area is 153 Å². The van der Waals surface area contributed by atoms with Crippen LogP contribution in [0.2, 0.25) is 0 Å². The largest absolute Gasteiger partial charge is 0.388 e. The van der Waals surface area contributed by atoms with Gasteiger partial charge in [-0.3, -0.25) is 5.10 Å². The van der Waals surface area contributed by atoms with Crippen molar-refractivity contribution in [2.24, 2.45) is 0 Å². The molecule has 2 fully saturated rings. The number of halogens is 2. The summed E-state index contributed by atoms with van der Waals surface area (Å²) in [6.45, 7) is 1.53. The maximum atomic E-state index is 14.5. The highest BCUT2D eigenvalue weighted by molar-refractivity contribution is 5.89. The summed E-state index contributed by atoms with van der Waals surface area (Å²) in [5, 5.41) is 21.1. The number of fused-ring (bicyclic) bond motifs is 1. The molecule has 0 aromatic carbocycles. The molecule has 1 aliphatic carbocycles. The maximum absolute atomic E-state index is 14.5. The summed E-state index contributed by atoms with van der Waals surface area (Å²) in [5.41, 5.74) is 0.0766. The summed E-state index contributed by atoms with van der Waals surface area (Å²) >= 11 is 0. The van der Waals surface area contributed by atoms with Crippen molar-refractivity contribution in [2.75, 3.05) is 24.5 Å². The van der Waals surface area contributed by atoms with E-state index < -0.39 is 17.2 Å². The van der Waals surface area contributed by atoms with Gasteiger partial charge in [-0.1, -0.05) is 0 Å². The van der Waals surface area contributed by atoms with Gasteiger partial charge in [0, 0.05) is 37.3 Å². The van der Waals surface area contributed by atoms with Gasteiger partial charge in [-0.25, -0.2) is 18.7 Å². The van der Waals surface area contributed by atoms with Gasteiger partial charge < -0.3 is 15.3 Å². The minimum absolute atomic E-state index is 0.00196. The predicted molar refractivity (Wildman–Crippen MR) is 95.2 cm³/mol. The van der Waals surface area contributed by atoms with E-state index in [2.05, 4.69) is 25.5 Å². The molecule has 140 valence electrons. The number of hydrogen-bond donors (Lipinski definition) is 3. The zero-order chi connectivity index (χ0) is 18.6. The molecule has 3 aromatic rings. The van der Waals surface area contributed by atoms with E-state index in [-0.39, 0.29) is 17.6 Å². The number of rotatable bonds is 3. The van der Waals surface area contributed by atoms with Gasteiger partial charge in [0.05, 0.1) is 17.3 Å². The van der Waals surface area contributed by atoms with E-state index in [1.807, 2.05) is 0 Å². The second kappa shape index (κ2) is 5.93. The number of nitrogens with zero attached hydrogens (tertiary/aromatic N) is 4. The van der Waals surface area contributed by atoms with Gasteiger partial charge in [0.2, 0.25) is 0 Å². The number of aromatic amines is 1. The summed E-state index contributed by atoms with van der Waals surface area (Å²) in [7, 11) is 0. The Morgan fingerprint density at radius 1 is 1.26 bits per heavy atom. The second-order valence-electron chi connectivity index (χ2n) is 7.15. The minimum atomic E-state index is -0.766. The third-order valence-electron chi connectivity index (χ3n) is 5.36. The Morgan fingerprint density at radius 2 is 2.11 bits per heavy atom. The quantitative estimate of drug-likeness (QED) is 0.647. The highest BCUT2D eigenvalue weighted by Crippen LogP contribution is 2.40. The lowest BCUT2D eigenvalue weighted by Gasteiger charge is -2.37. The Bertz CT molecular complexity index is 1020. The Hall–Kier alpha value is -2.65. The highest BCUT2D eigenvalue weighted by atomic mass is 19.1. The number of H-pyrrole nitrogens is 1. The first-order valence-corrected chi connectivity index (χ1v) is 8.91. The lowest BCUT2D eigenvalue weighted by molar-refractivity contribution is 0.0994. The lowest BCUT2D eigenvalue weighted by atomic mass is 10.1. The number of nitrogens with one attached hydrogen (secondary N) is 2. The van der Waals surface area contributed by atoms with E-state index in [1.54, 1.807) is 23.2 Å². The second-order valence-corrected chi connectivity index (χ2v) is 7.15. The molecule has 0 unspecified atom stereocenters. The van der Waals surface area contributed by atoms with Crippen molar-refractivity contribution < 1.29 is 13.9 Å². The summed E-state index contributed by atoms with van der Waals surface area (Å²) in [6, 6.07) is 4.18. The SMILES string of the molecule is OC1([C@H]2CN(c3nc(-c4[nH]nc5ncccc45)c(F)cc3F)CCN2)CC1. The first kappa shape index (κ1) is 16.5. The molecule has 0 radical (unpaired) electrons. The summed E-state index contributed by atoms with van der Waals surface area (Å²) < 4.78 is 29.1. The Morgan fingerprint density at radius 3 is 2.93 bits per heavy atom. The van der Waals surface area contributed by atoms with Crippen LogP contribution in [-0.4, -0.2) is 56.5 Å². The Balaban J connectivity index is 1.55. The molecule has 1 atom stereocenters. The van der Waals surface area contributed by atoms with E-state index in [4.69, 9.17) is 0 Å². The summed E-state index contributed by atoms with van der Waals surface area (Å²) in [4.78, 5) is 10.2. The van der Waals surface area contributed by atoms with Crippen LogP contribution < -0.4 is 10.2 Å². The first-order chi connectivity index (χ1) is 13.0. The molecule has 0 amide bonds. The standard InChI is InChI=1S/C18H18F2N6O/c19-11-8-12(20)17(26-7-6-21-13(9-26)18(27)3-4-18)23-15(11)14-10-2-1-5-22-16(10)25-24-14/h1-2,5,8,13,21,27H,3-4,6-7,9H2,(H,22,24,25)/t13-/m1/s1. The molecule has 7 nitrogen and oxygen atoms in total. The highest BCUT2D eigenvalue weighted by Gasteiger charge is 2.49. The fourth-order valence-electron chi connectivity index (χ4n) is 3.66. The molecule has 2 aliphatic rings. The van der Waals surface area contributed by atoms with Crippen LogP contribution in [0.25, 0.3) is 22.4 Å². The van der Waals surface area contributed by atoms with Crippen LogP contribution >= 0.6 is 0 Å². The number of aromatic nitrogens is 4. The monoisotopic (exact) mass is 372 g/mol. The van der Waals surface area contributed by atoms with Crippen LogP contribution in [0.1, 0.15) is 12.8 Å². The van der Waals surface area contributed by atoms with Crippen molar-refractivity contribution in [3.8, 4) is 11.4 Å². The third kappa shape index (κ3) is 2.74. The average Bonchev–Trinajstić information content (AvgIpc) is 3.29. The molecule has 0 bridgehead atoms. The molecular weight excluding hydrogens is 354 g/mol. The zero-order valence-corrected chi connectivity index (χ0v) is 14.4. The fourth-order valence-corrected chi connectivity index (χ4v) is 3.66. The van der Waals surface area contributed by atoms with E-state index in [0.29, 0.717) is 36.4 Å².